The quantitative estimate of drug-likeness (QED) is 0.287. The van der Waals surface area contributed by atoms with Crippen LogP contribution >= 0.6 is 11.6 Å². The highest BCUT2D eigenvalue weighted by molar-refractivity contribution is 6.32. The molecule has 0 radical (unpaired) electrons. The number of hydrogen-bond donors (Lipinski definition) is 3. The minimum absolute atomic E-state index is 0.0675. The van der Waals surface area contributed by atoms with Gasteiger partial charge in [0.25, 0.3) is 5.91 Å². The predicted molar refractivity (Wildman–Crippen MR) is 144 cm³/mol. The second-order valence-corrected chi connectivity index (χ2v) is 10.3. The van der Waals surface area contributed by atoms with Crippen molar-refractivity contribution in [3.63, 3.8) is 0 Å². The van der Waals surface area contributed by atoms with Crippen LogP contribution in [0.2, 0.25) is 5.02 Å². The summed E-state index contributed by atoms with van der Waals surface area (Å²) in [4.78, 5) is 29.2. The number of amides is 2. The van der Waals surface area contributed by atoms with Crippen LogP contribution in [-0.2, 0) is 10.2 Å². The number of ether oxygens (including phenoxy) is 1. The molecule has 0 saturated heterocycles. The van der Waals surface area contributed by atoms with Gasteiger partial charge in [-0.25, -0.2) is 9.67 Å². The standard InChI is InChI=1S/C27H25ClN8O3/c1-3-24(37)31-21-12-27(10-15(21)11-27)23-14-36(35-33-23)16-7-8-18(22(9-16)39-2)32-26(38)20-6-4-5-19(30-20)25-17(28)13-29-34-25/h3-9,13-15,21H,1,10-12H2,2H3,(H,29,34)(H,31,37)(H,32,38). The normalized spacial score (nSPS) is 21.2. The third-order valence-corrected chi connectivity index (χ3v) is 7.85. The maximum atomic E-state index is 13.0. The number of nitrogens with one attached hydrogen (secondary N) is 3. The Kier molecular flexibility index (Phi) is 6.15. The minimum atomic E-state index is -0.403. The lowest BCUT2D eigenvalue weighted by molar-refractivity contribution is -0.117. The summed E-state index contributed by atoms with van der Waals surface area (Å²) >= 11 is 6.14. The Morgan fingerprint density at radius 3 is 2.85 bits per heavy atom. The Labute approximate surface area is 228 Å². The highest BCUT2D eigenvalue weighted by atomic mass is 35.5. The molecule has 3 fully saturated rings. The van der Waals surface area contributed by atoms with Crippen LogP contribution in [0.1, 0.15) is 35.4 Å². The average molecular weight is 545 g/mol. The number of aromatic amines is 1. The van der Waals surface area contributed by atoms with E-state index in [1.807, 2.05) is 12.3 Å². The number of anilines is 1. The van der Waals surface area contributed by atoms with E-state index in [1.165, 1.54) is 19.4 Å². The van der Waals surface area contributed by atoms with Gasteiger partial charge in [-0.3, -0.25) is 14.7 Å². The molecule has 0 spiro atoms. The van der Waals surface area contributed by atoms with E-state index in [9.17, 15) is 9.59 Å². The molecule has 3 N–H and O–H groups in total. The molecule has 3 aromatic heterocycles. The maximum Gasteiger partial charge on any atom is 0.274 e. The van der Waals surface area contributed by atoms with Gasteiger partial charge in [-0.05, 0) is 55.5 Å². The minimum Gasteiger partial charge on any atom is -0.494 e. The Hall–Kier alpha value is -4.51. The fourth-order valence-electron chi connectivity index (χ4n) is 5.60. The van der Waals surface area contributed by atoms with Gasteiger partial charge in [0, 0.05) is 17.5 Å². The van der Waals surface area contributed by atoms with Gasteiger partial charge in [0.1, 0.15) is 17.1 Å². The summed E-state index contributed by atoms with van der Waals surface area (Å²) in [5, 5.41) is 21.8. The monoisotopic (exact) mass is 544 g/mol. The largest absolute Gasteiger partial charge is 0.494 e. The molecule has 3 saturated carbocycles. The molecule has 1 unspecified atom stereocenters. The zero-order valence-corrected chi connectivity index (χ0v) is 21.8. The van der Waals surface area contributed by atoms with Crippen LogP contribution in [0.4, 0.5) is 5.69 Å². The first kappa shape index (κ1) is 24.8. The van der Waals surface area contributed by atoms with Gasteiger partial charge in [-0.15, -0.1) is 5.10 Å². The summed E-state index contributed by atoms with van der Waals surface area (Å²) in [6, 6.07) is 10.6. The smallest absolute Gasteiger partial charge is 0.274 e. The highest BCUT2D eigenvalue weighted by Crippen LogP contribution is 2.59. The molecular formula is C27H25ClN8O3. The molecule has 198 valence electrons. The lowest BCUT2D eigenvalue weighted by Crippen LogP contribution is -2.37. The van der Waals surface area contributed by atoms with Crippen LogP contribution in [0.5, 0.6) is 5.75 Å². The number of halogens is 1. The molecule has 2 bridgehead atoms. The van der Waals surface area contributed by atoms with Crippen LogP contribution in [0.15, 0.2) is 61.4 Å². The fourth-order valence-corrected chi connectivity index (χ4v) is 5.79. The van der Waals surface area contributed by atoms with Crippen molar-refractivity contribution in [1.29, 1.82) is 0 Å². The lowest BCUT2D eigenvalue weighted by Gasteiger charge is -2.36. The number of hydrogen-bond acceptors (Lipinski definition) is 7. The maximum absolute atomic E-state index is 13.0. The second-order valence-electron chi connectivity index (χ2n) is 9.86. The molecule has 4 aromatic rings. The molecule has 11 nitrogen and oxygen atoms in total. The number of carbonyl (C=O) groups is 2. The van der Waals surface area contributed by atoms with E-state index in [1.54, 1.807) is 35.0 Å². The Morgan fingerprint density at radius 1 is 1.26 bits per heavy atom. The van der Waals surface area contributed by atoms with Crippen molar-refractivity contribution in [2.24, 2.45) is 5.92 Å². The van der Waals surface area contributed by atoms with E-state index < -0.39 is 5.91 Å². The average Bonchev–Trinajstić information content (AvgIpc) is 3.72. The topological polar surface area (TPSA) is 140 Å². The van der Waals surface area contributed by atoms with Crippen molar-refractivity contribution in [2.45, 2.75) is 30.7 Å². The number of pyridine rings is 1. The third-order valence-electron chi connectivity index (χ3n) is 7.56. The molecule has 2 amide bonds. The van der Waals surface area contributed by atoms with Crippen LogP contribution in [0, 0.1) is 5.92 Å². The number of H-pyrrole nitrogens is 1. The molecule has 1 aromatic carbocycles. The van der Waals surface area contributed by atoms with Crippen molar-refractivity contribution in [3.8, 4) is 22.8 Å². The van der Waals surface area contributed by atoms with Gasteiger partial charge in [-0.2, -0.15) is 5.10 Å². The van der Waals surface area contributed by atoms with Crippen LogP contribution in [0.25, 0.3) is 17.1 Å². The number of methoxy groups -OCH3 is 1. The van der Waals surface area contributed by atoms with Crippen LogP contribution in [0.3, 0.4) is 0 Å². The first-order chi connectivity index (χ1) is 18.9. The van der Waals surface area contributed by atoms with E-state index in [4.69, 9.17) is 16.3 Å². The number of carbonyl (C=O) groups excluding carboxylic acids is 2. The molecule has 39 heavy (non-hydrogen) atoms. The number of rotatable bonds is 8. The Balaban J connectivity index is 1.18. The van der Waals surface area contributed by atoms with E-state index in [2.05, 4.69) is 42.7 Å². The second kappa shape index (κ2) is 9.66. The third kappa shape index (κ3) is 4.44. The van der Waals surface area contributed by atoms with E-state index in [0.29, 0.717) is 33.8 Å². The SMILES string of the molecule is C=CC(=O)NC1CC2(c3cn(-c4ccc(NC(=O)c5cccc(-c6[nH]ncc6Cl)n5)c(OC)c4)nn3)CC1C2. The van der Waals surface area contributed by atoms with Crippen molar-refractivity contribution in [1.82, 2.24) is 35.5 Å². The molecule has 7 rings (SSSR count). The zero-order valence-electron chi connectivity index (χ0n) is 21.0. The Bertz CT molecular complexity index is 1590. The zero-order chi connectivity index (χ0) is 27.1. The summed E-state index contributed by atoms with van der Waals surface area (Å²) in [7, 11) is 1.53. The van der Waals surface area contributed by atoms with E-state index in [-0.39, 0.29) is 23.1 Å². The summed E-state index contributed by atoms with van der Waals surface area (Å²) in [5.74, 6) is 0.366. The molecular weight excluding hydrogens is 520 g/mol. The number of fused-ring (bicyclic) bond motifs is 1. The van der Waals surface area contributed by atoms with Crippen molar-refractivity contribution in [3.05, 3.63) is 77.9 Å². The number of nitrogens with zero attached hydrogens (tertiary/aromatic N) is 5. The number of benzene rings is 1. The van der Waals surface area contributed by atoms with Gasteiger partial charge >= 0.3 is 0 Å². The van der Waals surface area contributed by atoms with Gasteiger partial charge < -0.3 is 15.4 Å². The Morgan fingerprint density at radius 2 is 2.10 bits per heavy atom. The first-order valence-corrected chi connectivity index (χ1v) is 12.8. The summed E-state index contributed by atoms with van der Waals surface area (Å²) in [6.07, 6.45) is 7.51. The van der Waals surface area contributed by atoms with Crippen LogP contribution in [-0.4, -0.2) is 55.1 Å². The predicted octanol–water partition coefficient (Wildman–Crippen LogP) is 3.69. The van der Waals surface area contributed by atoms with Crippen LogP contribution < -0.4 is 15.4 Å². The molecule has 3 aliphatic carbocycles. The van der Waals surface area contributed by atoms with Gasteiger partial charge in [0.2, 0.25) is 5.91 Å². The number of aromatic nitrogens is 6. The van der Waals surface area contributed by atoms with Gasteiger partial charge in [-0.1, -0.05) is 29.5 Å². The highest BCUT2D eigenvalue weighted by Gasteiger charge is 2.58. The molecule has 1 atom stereocenters. The van der Waals surface area contributed by atoms with Gasteiger partial charge in [0.05, 0.1) is 47.3 Å². The van der Waals surface area contributed by atoms with Crippen molar-refractivity contribution >= 4 is 29.1 Å². The van der Waals surface area contributed by atoms with Gasteiger partial charge in [0.15, 0.2) is 0 Å². The summed E-state index contributed by atoms with van der Waals surface area (Å²) in [5.41, 5.74) is 3.31. The first-order valence-electron chi connectivity index (χ1n) is 12.4. The molecule has 12 heteroatoms. The van der Waals surface area contributed by atoms with E-state index in [0.717, 1.165) is 30.6 Å². The molecule has 0 aliphatic heterocycles. The molecule has 3 heterocycles. The lowest BCUT2D eigenvalue weighted by atomic mass is 9.68. The summed E-state index contributed by atoms with van der Waals surface area (Å²) in [6.45, 7) is 3.54. The van der Waals surface area contributed by atoms with E-state index >= 15 is 0 Å². The van der Waals surface area contributed by atoms with Crippen molar-refractivity contribution in [2.75, 3.05) is 12.4 Å². The molecule has 3 aliphatic rings. The fraction of sp³-hybridized carbons (Fsp3) is 0.259. The summed E-state index contributed by atoms with van der Waals surface area (Å²) < 4.78 is 7.26. The van der Waals surface area contributed by atoms with Crippen molar-refractivity contribution < 1.29 is 14.3 Å².